The van der Waals surface area contributed by atoms with Crippen LogP contribution in [0.25, 0.3) is 0 Å². The molecule has 0 amide bonds. The minimum absolute atomic E-state index is 0.379. The van der Waals surface area contributed by atoms with E-state index in [9.17, 15) is 0 Å². The molecule has 1 saturated heterocycles. The summed E-state index contributed by atoms with van der Waals surface area (Å²) in [7, 11) is 0. The average Bonchev–Trinajstić information content (AvgIpc) is 3.27. The molecule has 6 nitrogen and oxygen atoms in total. The maximum atomic E-state index is 4.65. The van der Waals surface area contributed by atoms with Gasteiger partial charge in [0, 0.05) is 42.2 Å². The van der Waals surface area contributed by atoms with Crippen LogP contribution in [-0.4, -0.2) is 37.9 Å². The number of likely N-dealkylation sites (tertiary alicyclic amines) is 1. The van der Waals surface area contributed by atoms with E-state index in [-0.39, 0.29) is 0 Å². The van der Waals surface area contributed by atoms with Crippen molar-refractivity contribution in [2.24, 2.45) is 0 Å². The molecule has 1 atom stereocenters. The largest absolute Gasteiger partial charge is 0.315 e. The molecule has 8 heteroatoms. The van der Waals surface area contributed by atoms with Crippen LogP contribution >= 0.6 is 22.7 Å². The molecule has 1 fully saturated rings. The zero-order valence-corrected chi connectivity index (χ0v) is 15.7. The molecule has 4 rings (SSSR count). The molecule has 0 saturated carbocycles. The highest BCUT2D eigenvalue weighted by atomic mass is 32.1. The van der Waals surface area contributed by atoms with Crippen molar-refractivity contribution in [3.05, 3.63) is 45.7 Å². The zero-order valence-electron chi connectivity index (χ0n) is 14.1. The van der Waals surface area contributed by atoms with Gasteiger partial charge in [0.2, 0.25) is 0 Å². The minimum atomic E-state index is 0.379. The van der Waals surface area contributed by atoms with Gasteiger partial charge in [-0.05, 0) is 26.3 Å². The SMILES string of the molecule is Cc1csc(Nc2nccnc2[C@@H]2CCCN(Cc3cscn3)C2)n1. The van der Waals surface area contributed by atoms with Crippen molar-refractivity contribution in [1.82, 2.24) is 24.8 Å². The van der Waals surface area contributed by atoms with Crippen LogP contribution < -0.4 is 5.32 Å². The van der Waals surface area contributed by atoms with E-state index >= 15 is 0 Å². The molecule has 25 heavy (non-hydrogen) atoms. The van der Waals surface area contributed by atoms with Gasteiger partial charge in [0.15, 0.2) is 10.9 Å². The van der Waals surface area contributed by atoms with E-state index in [1.165, 1.54) is 6.42 Å². The van der Waals surface area contributed by atoms with Crippen LogP contribution in [0, 0.1) is 6.92 Å². The summed E-state index contributed by atoms with van der Waals surface area (Å²) < 4.78 is 0. The van der Waals surface area contributed by atoms with Crippen LogP contribution in [0.15, 0.2) is 28.7 Å². The second-order valence-electron chi connectivity index (χ2n) is 6.26. The molecule has 0 radical (unpaired) electrons. The summed E-state index contributed by atoms with van der Waals surface area (Å²) in [5, 5.41) is 8.39. The third-order valence-electron chi connectivity index (χ3n) is 4.33. The molecular weight excluding hydrogens is 352 g/mol. The van der Waals surface area contributed by atoms with Gasteiger partial charge in [-0.2, -0.15) is 0 Å². The normalized spacial score (nSPS) is 18.4. The van der Waals surface area contributed by atoms with Crippen LogP contribution in [0.1, 0.15) is 35.8 Å². The number of nitrogens with one attached hydrogen (secondary N) is 1. The van der Waals surface area contributed by atoms with Crippen LogP contribution in [0.3, 0.4) is 0 Å². The molecule has 4 heterocycles. The summed E-state index contributed by atoms with van der Waals surface area (Å²) in [6.45, 7) is 5.01. The Bertz CT molecular complexity index is 816. The van der Waals surface area contributed by atoms with Crippen LogP contribution in [0.2, 0.25) is 0 Å². The molecule has 0 aromatic carbocycles. The standard InChI is InChI=1S/C17H20N6S2/c1-12-9-25-17(21-12)22-16-15(18-4-5-19-16)13-3-2-6-23(7-13)8-14-10-24-11-20-14/h4-5,9-11,13H,2-3,6-8H2,1H3,(H,19,21,22)/t13-/m1/s1. The lowest BCUT2D eigenvalue weighted by molar-refractivity contribution is 0.197. The third-order valence-corrected chi connectivity index (χ3v) is 5.84. The zero-order chi connectivity index (χ0) is 17.1. The van der Waals surface area contributed by atoms with E-state index in [4.69, 9.17) is 0 Å². The van der Waals surface area contributed by atoms with Gasteiger partial charge in [0.1, 0.15) is 0 Å². The molecule has 3 aromatic rings. The fraction of sp³-hybridized carbons (Fsp3) is 0.412. The predicted molar refractivity (Wildman–Crippen MR) is 102 cm³/mol. The Hall–Kier alpha value is -1.90. The maximum Gasteiger partial charge on any atom is 0.188 e. The molecule has 130 valence electrons. The van der Waals surface area contributed by atoms with Gasteiger partial charge in [0.25, 0.3) is 0 Å². The van der Waals surface area contributed by atoms with E-state index in [2.05, 4.69) is 35.5 Å². The van der Waals surface area contributed by atoms with Crippen LogP contribution in [-0.2, 0) is 6.54 Å². The van der Waals surface area contributed by atoms with Gasteiger partial charge in [-0.15, -0.1) is 22.7 Å². The fourth-order valence-corrected chi connectivity index (χ4v) is 4.46. The Balaban J connectivity index is 1.50. The van der Waals surface area contributed by atoms with E-state index in [1.807, 2.05) is 17.8 Å². The summed E-state index contributed by atoms with van der Waals surface area (Å²) in [5.41, 5.74) is 5.11. The number of rotatable bonds is 5. The van der Waals surface area contributed by atoms with Gasteiger partial charge in [0.05, 0.1) is 22.6 Å². The minimum Gasteiger partial charge on any atom is -0.315 e. The lowest BCUT2D eigenvalue weighted by atomic mass is 9.94. The number of thiazole rings is 2. The highest BCUT2D eigenvalue weighted by Crippen LogP contribution is 2.31. The summed E-state index contributed by atoms with van der Waals surface area (Å²) in [5.74, 6) is 1.21. The predicted octanol–water partition coefficient (Wildman–Crippen LogP) is 3.82. The Kier molecular flexibility index (Phi) is 5.00. The van der Waals surface area contributed by atoms with E-state index in [0.717, 1.165) is 54.1 Å². The summed E-state index contributed by atoms with van der Waals surface area (Å²) in [6.07, 6.45) is 5.83. The molecule has 0 bridgehead atoms. The molecular formula is C17H20N6S2. The fourth-order valence-electron chi connectivity index (χ4n) is 3.22. The van der Waals surface area contributed by atoms with Crippen molar-refractivity contribution in [1.29, 1.82) is 0 Å². The van der Waals surface area contributed by atoms with Crippen LogP contribution in [0.4, 0.5) is 10.9 Å². The average molecular weight is 373 g/mol. The Morgan fingerprint density at radius 3 is 2.96 bits per heavy atom. The Morgan fingerprint density at radius 2 is 2.16 bits per heavy atom. The molecule has 0 unspecified atom stereocenters. The Morgan fingerprint density at radius 1 is 1.24 bits per heavy atom. The highest BCUT2D eigenvalue weighted by molar-refractivity contribution is 7.13. The van der Waals surface area contributed by atoms with Crippen molar-refractivity contribution in [3.8, 4) is 0 Å². The number of hydrogen-bond acceptors (Lipinski definition) is 8. The molecule has 3 aromatic heterocycles. The van der Waals surface area contributed by atoms with Gasteiger partial charge in [-0.25, -0.2) is 15.0 Å². The van der Waals surface area contributed by atoms with Crippen molar-refractivity contribution in [2.75, 3.05) is 18.4 Å². The number of hydrogen-bond donors (Lipinski definition) is 1. The second-order valence-corrected chi connectivity index (χ2v) is 7.84. The van der Waals surface area contributed by atoms with E-state index < -0.39 is 0 Å². The Labute approximate surface area is 155 Å². The quantitative estimate of drug-likeness (QED) is 0.734. The molecule has 1 aliphatic heterocycles. The summed E-state index contributed by atoms with van der Waals surface area (Å²) in [4.78, 5) is 20.5. The number of aromatic nitrogens is 4. The van der Waals surface area contributed by atoms with Crippen LogP contribution in [0.5, 0.6) is 0 Å². The first-order chi connectivity index (χ1) is 12.3. The molecule has 0 aliphatic carbocycles. The number of aryl methyl sites for hydroxylation is 1. The van der Waals surface area contributed by atoms with Gasteiger partial charge >= 0.3 is 0 Å². The first-order valence-electron chi connectivity index (χ1n) is 8.37. The maximum absolute atomic E-state index is 4.65. The molecule has 1 N–H and O–H groups in total. The molecule has 1 aliphatic rings. The second kappa shape index (κ2) is 7.55. The number of piperidine rings is 1. The first kappa shape index (κ1) is 16.6. The van der Waals surface area contributed by atoms with Crippen molar-refractivity contribution in [2.45, 2.75) is 32.2 Å². The lowest BCUT2D eigenvalue weighted by Crippen LogP contribution is -2.34. The highest BCUT2D eigenvalue weighted by Gasteiger charge is 2.25. The first-order valence-corrected chi connectivity index (χ1v) is 10.2. The van der Waals surface area contributed by atoms with Gasteiger partial charge < -0.3 is 5.32 Å². The topological polar surface area (TPSA) is 66.8 Å². The van der Waals surface area contributed by atoms with Crippen molar-refractivity contribution < 1.29 is 0 Å². The molecule has 0 spiro atoms. The third kappa shape index (κ3) is 4.02. The lowest BCUT2D eigenvalue weighted by Gasteiger charge is -2.32. The smallest absolute Gasteiger partial charge is 0.188 e. The number of nitrogens with zero attached hydrogens (tertiary/aromatic N) is 5. The van der Waals surface area contributed by atoms with E-state index in [1.54, 1.807) is 35.1 Å². The summed E-state index contributed by atoms with van der Waals surface area (Å²) in [6, 6.07) is 0. The van der Waals surface area contributed by atoms with Crippen molar-refractivity contribution >= 4 is 33.6 Å². The van der Waals surface area contributed by atoms with Gasteiger partial charge in [-0.1, -0.05) is 0 Å². The number of anilines is 2. The van der Waals surface area contributed by atoms with Gasteiger partial charge in [-0.3, -0.25) is 9.88 Å². The van der Waals surface area contributed by atoms with Crippen molar-refractivity contribution in [3.63, 3.8) is 0 Å². The van der Waals surface area contributed by atoms with E-state index in [0.29, 0.717) is 5.92 Å². The summed E-state index contributed by atoms with van der Waals surface area (Å²) >= 11 is 3.25. The monoisotopic (exact) mass is 372 g/mol.